The van der Waals surface area contributed by atoms with Gasteiger partial charge in [-0.2, -0.15) is 18.3 Å². The third-order valence-corrected chi connectivity index (χ3v) is 3.98. The second-order valence-corrected chi connectivity index (χ2v) is 5.70. The van der Waals surface area contributed by atoms with Crippen LogP contribution in [-0.2, 0) is 6.18 Å². The van der Waals surface area contributed by atoms with Crippen molar-refractivity contribution < 1.29 is 27.4 Å². The molecule has 0 spiro atoms. The Balaban J connectivity index is 2.02. The van der Waals surface area contributed by atoms with Crippen molar-refractivity contribution >= 4 is 11.6 Å². The molecular formula is C19H16F3N3O3. The van der Waals surface area contributed by atoms with Crippen molar-refractivity contribution in [2.24, 2.45) is 0 Å². The van der Waals surface area contributed by atoms with Crippen LogP contribution in [-0.4, -0.2) is 29.9 Å². The number of ether oxygens (including phenoxy) is 2. The van der Waals surface area contributed by atoms with Gasteiger partial charge in [-0.1, -0.05) is 0 Å². The van der Waals surface area contributed by atoms with Crippen molar-refractivity contribution in [2.75, 3.05) is 19.5 Å². The lowest BCUT2D eigenvalue weighted by Gasteiger charge is -2.16. The van der Waals surface area contributed by atoms with Gasteiger partial charge in [-0.05, 0) is 36.4 Å². The molecule has 0 bridgehead atoms. The summed E-state index contributed by atoms with van der Waals surface area (Å²) in [5, 5.41) is 6.54. The van der Waals surface area contributed by atoms with Gasteiger partial charge in [0.15, 0.2) is 0 Å². The number of alkyl halides is 3. The first-order valence-electron chi connectivity index (χ1n) is 8.08. The predicted octanol–water partition coefficient (Wildman–Crippen LogP) is 4.16. The standard InChI is InChI=1S/C19H16F3N3O3/c1-27-13-5-6-14(17(11-13)28-2)18(26)24-15-10-12(19(20,21)22)4-7-16(15)25-9-3-8-23-25/h3-11H,1-2H3,(H,24,26). The third-order valence-electron chi connectivity index (χ3n) is 3.98. The van der Waals surface area contributed by atoms with Gasteiger partial charge in [0.2, 0.25) is 0 Å². The summed E-state index contributed by atoms with van der Waals surface area (Å²) >= 11 is 0. The molecule has 1 aromatic heterocycles. The maximum absolute atomic E-state index is 13.1. The average molecular weight is 391 g/mol. The van der Waals surface area contributed by atoms with Gasteiger partial charge in [-0.15, -0.1) is 0 Å². The summed E-state index contributed by atoms with van der Waals surface area (Å²) < 4.78 is 51.0. The van der Waals surface area contributed by atoms with Crippen molar-refractivity contribution in [2.45, 2.75) is 6.18 Å². The van der Waals surface area contributed by atoms with Gasteiger partial charge in [-0.3, -0.25) is 4.79 Å². The van der Waals surface area contributed by atoms with Crippen molar-refractivity contribution in [3.63, 3.8) is 0 Å². The smallest absolute Gasteiger partial charge is 0.416 e. The second-order valence-electron chi connectivity index (χ2n) is 5.70. The number of benzene rings is 2. The number of nitrogens with zero attached hydrogens (tertiary/aromatic N) is 2. The minimum Gasteiger partial charge on any atom is -0.497 e. The maximum Gasteiger partial charge on any atom is 0.416 e. The van der Waals surface area contributed by atoms with Crippen LogP contribution in [0.25, 0.3) is 5.69 Å². The van der Waals surface area contributed by atoms with E-state index < -0.39 is 17.6 Å². The summed E-state index contributed by atoms with van der Waals surface area (Å²) in [5.41, 5.74) is -0.493. The maximum atomic E-state index is 13.1. The van der Waals surface area contributed by atoms with E-state index in [2.05, 4.69) is 10.4 Å². The first kappa shape index (κ1) is 19.3. The van der Waals surface area contributed by atoms with Crippen LogP contribution in [0.2, 0.25) is 0 Å². The Hall–Kier alpha value is -3.49. The molecule has 0 unspecified atom stereocenters. The Morgan fingerprint density at radius 2 is 1.89 bits per heavy atom. The Bertz CT molecular complexity index is 986. The quantitative estimate of drug-likeness (QED) is 0.709. The monoisotopic (exact) mass is 391 g/mol. The van der Waals surface area contributed by atoms with E-state index in [4.69, 9.17) is 9.47 Å². The van der Waals surface area contributed by atoms with E-state index >= 15 is 0 Å². The van der Waals surface area contributed by atoms with Crippen LogP contribution < -0.4 is 14.8 Å². The summed E-state index contributed by atoms with van der Waals surface area (Å²) in [7, 11) is 2.85. The number of hydrogen-bond donors (Lipinski definition) is 1. The van der Waals surface area contributed by atoms with Crippen LogP contribution >= 0.6 is 0 Å². The lowest BCUT2D eigenvalue weighted by atomic mass is 10.1. The van der Waals surface area contributed by atoms with E-state index in [9.17, 15) is 18.0 Å². The fourth-order valence-corrected chi connectivity index (χ4v) is 2.60. The average Bonchev–Trinajstić information content (AvgIpc) is 3.21. The van der Waals surface area contributed by atoms with Gasteiger partial charge in [0.25, 0.3) is 5.91 Å². The summed E-state index contributed by atoms with van der Waals surface area (Å²) in [4.78, 5) is 12.7. The van der Waals surface area contributed by atoms with E-state index in [1.54, 1.807) is 18.3 Å². The normalized spacial score (nSPS) is 11.2. The zero-order chi connectivity index (χ0) is 20.3. The van der Waals surface area contributed by atoms with Crippen molar-refractivity contribution in [3.8, 4) is 17.2 Å². The zero-order valence-corrected chi connectivity index (χ0v) is 14.9. The number of hydrogen-bond acceptors (Lipinski definition) is 4. The first-order chi connectivity index (χ1) is 13.3. The molecule has 0 fully saturated rings. The van der Waals surface area contributed by atoms with Gasteiger partial charge < -0.3 is 14.8 Å². The highest BCUT2D eigenvalue weighted by molar-refractivity contribution is 6.07. The Morgan fingerprint density at radius 1 is 1.11 bits per heavy atom. The summed E-state index contributed by atoms with van der Waals surface area (Å²) in [6, 6.07) is 9.19. The Kier molecular flexibility index (Phi) is 5.25. The number of aromatic nitrogens is 2. The first-order valence-corrected chi connectivity index (χ1v) is 8.08. The number of nitrogens with one attached hydrogen (secondary N) is 1. The molecule has 0 radical (unpaired) electrons. The second kappa shape index (κ2) is 7.63. The SMILES string of the molecule is COc1ccc(C(=O)Nc2cc(C(F)(F)F)ccc2-n2cccn2)c(OC)c1. The highest BCUT2D eigenvalue weighted by Crippen LogP contribution is 2.34. The minimum absolute atomic E-state index is 0.0404. The van der Waals surface area contributed by atoms with Gasteiger partial charge >= 0.3 is 6.18 Å². The number of carbonyl (C=O) groups is 1. The fraction of sp³-hybridized carbons (Fsp3) is 0.158. The van der Waals surface area contributed by atoms with Gasteiger partial charge in [0.05, 0.1) is 36.7 Å². The molecule has 0 aliphatic carbocycles. The van der Waals surface area contributed by atoms with Gasteiger partial charge in [-0.25, -0.2) is 4.68 Å². The highest BCUT2D eigenvalue weighted by atomic mass is 19.4. The van der Waals surface area contributed by atoms with Crippen molar-refractivity contribution in [3.05, 3.63) is 66.0 Å². The number of methoxy groups -OCH3 is 2. The molecule has 3 aromatic rings. The van der Waals surface area contributed by atoms with Crippen LogP contribution in [0.4, 0.5) is 18.9 Å². The van der Waals surface area contributed by atoms with Crippen molar-refractivity contribution in [1.29, 1.82) is 0 Å². The molecule has 3 rings (SSSR count). The van der Waals surface area contributed by atoms with Crippen LogP contribution in [0, 0.1) is 0 Å². The Labute approximate surface area is 158 Å². The summed E-state index contributed by atoms with van der Waals surface area (Å²) in [5.74, 6) is 0.0707. The van der Waals surface area contributed by atoms with Crippen LogP contribution in [0.15, 0.2) is 54.9 Å². The van der Waals surface area contributed by atoms with E-state index in [1.807, 2.05) is 0 Å². The number of halogens is 3. The van der Waals surface area contributed by atoms with Crippen LogP contribution in [0.3, 0.4) is 0 Å². The van der Waals surface area contributed by atoms with Crippen LogP contribution in [0.5, 0.6) is 11.5 Å². The molecular weight excluding hydrogens is 375 g/mol. The number of amides is 1. The molecule has 2 aromatic carbocycles. The largest absolute Gasteiger partial charge is 0.497 e. The van der Waals surface area contributed by atoms with Gasteiger partial charge in [0, 0.05) is 18.5 Å². The number of rotatable bonds is 5. The molecule has 0 atom stereocenters. The highest BCUT2D eigenvalue weighted by Gasteiger charge is 2.31. The number of carbonyl (C=O) groups excluding carboxylic acids is 1. The molecule has 1 amide bonds. The van der Waals surface area contributed by atoms with Crippen LogP contribution in [0.1, 0.15) is 15.9 Å². The summed E-state index contributed by atoms with van der Waals surface area (Å²) in [6.45, 7) is 0. The molecule has 0 aliphatic rings. The molecule has 146 valence electrons. The van der Waals surface area contributed by atoms with E-state index in [-0.39, 0.29) is 17.0 Å². The zero-order valence-electron chi connectivity index (χ0n) is 14.9. The van der Waals surface area contributed by atoms with Gasteiger partial charge in [0.1, 0.15) is 11.5 Å². The lowest BCUT2D eigenvalue weighted by Crippen LogP contribution is -2.16. The molecule has 6 nitrogen and oxygen atoms in total. The van der Waals surface area contributed by atoms with E-state index in [1.165, 1.54) is 43.3 Å². The molecule has 9 heteroatoms. The molecule has 0 saturated carbocycles. The topological polar surface area (TPSA) is 65.4 Å². The molecule has 28 heavy (non-hydrogen) atoms. The predicted molar refractivity (Wildman–Crippen MR) is 96.1 cm³/mol. The van der Waals surface area contributed by atoms with E-state index in [0.29, 0.717) is 11.4 Å². The van der Waals surface area contributed by atoms with Crippen molar-refractivity contribution in [1.82, 2.24) is 9.78 Å². The third kappa shape index (κ3) is 3.93. The number of anilines is 1. The summed E-state index contributed by atoms with van der Waals surface area (Å²) in [6.07, 6.45) is -1.51. The minimum atomic E-state index is -4.56. The molecule has 0 saturated heterocycles. The molecule has 0 aliphatic heterocycles. The fourth-order valence-electron chi connectivity index (χ4n) is 2.60. The molecule has 1 heterocycles. The van der Waals surface area contributed by atoms with E-state index in [0.717, 1.165) is 12.1 Å². The molecule has 1 N–H and O–H groups in total. The Morgan fingerprint density at radius 3 is 2.50 bits per heavy atom. The lowest BCUT2D eigenvalue weighted by molar-refractivity contribution is -0.137.